The molecule has 0 bridgehead atoms. The smallest absolute Gasteiger partial charge is 0.165 e. The van der Waals surface area contributed by atoms with Gasteiger partial charge in [-0.15, -0.1) is 0 Å². The van der Waals surface area contributed by atoms with Crippen molar-refractivity contribution < 1.29 is 13.9 Å². The van der Waals surface area contributed by atoms with Crippen LogP contribution in [0.2, 0.25) is 0 Å². The lowest BCUT2D eigenvalue weighted by Gasteiger charge is -2.10. The molecule has 0 fully saturated rings. The molecule has 0 saturated heterocycles. The Kier molecular flexibility index (Phi) is 4.28. The summed E-state index contributed by atoms with van der Waals surface area (Å²) >= 11 is 0. The summed E-state index contributed by atoms with van der Waals surface area (Å²) in [7, 11) is 1.54. The van der Waals surface area contributed by atoms with Gasteiger partial charge in [0, 0.05) is 24.1 Å². The quantitative estimate of drug-likeness (QED) is 0.717. The lowest BCUT2D eigenvalue weighted by molar-refractivity contribution is 0.287. The van der Waals surface area contributed by atoms with Crippen molar-refractivity contribution in [1.82, 2.24) is 9.55 Å². The van der Waals surface area contributed by atoms with E-state index >= 15 is 0 Å². The number of rotatable bonds is 5. The predicted octanol–water partition coefficient (Wildman–Crippen LogP) is 3.91. The number of ether oxygens (including phenoxy) is 2. The van der Waals surface area contributed by atoms with Gasteiger partial charge in [-0.3, -0.25) is 0 Å². The molecule has 0 aliphatic carbocycles. The summed E-state index contributed by atoms with van der Waals surface area (Å²) in [6.45, 7) is 2.23. The normalized spacial score (nSPS) is 10.6. The predicted molar refractivity (Wildman–Crippen MR) is 85.6 cm³/mol. The molecule has 3 rings (SSSR count). The fourth-order valence-electron chi connectivity index (χ4n) is 2.29. The highest BCUT2D eigenvalue weighted by Gasteiger charge is 2.06. The number of aryl methyl sites for hydroxylation is 1. The van der Waals surface area contributed by atoms with Crippen LogP contribution in [-0.2, 0) is 6.61 Å². The average molecular weight is 312 g/mol. The summed E-state index contributed by atoms with van der Waals surface area (Å²) in [6.07, 6.45) is 3.67. The number of methoxy groups -OCH3 is 1. The zero-order chi connectivity index (χ0) is 16.2. The van der Waals surface area contributed by atoms with Crippen LogP contribution in [0.15, 0.2) is 54.9 Å². The number of benzene rings is 2. The van der Waals surface area contributed by atoms with Gasteiger partial charge in [-0.05, 0) is 36.8 Å². The maximum absolute atomic E-state index is 13.7. The van der Waals surface area contributed by atoms with Crippen LogP contribution in [0.25, 0.3) is 5.69 Å². The van der Waals surface area contributed by atoms with Crippen LogP contribution in [-0.4, -0.2) is 16.7 Å². The van der Waals surface area contributed by atoms with Crippen molar-refractivity contribution in [3.05, 3.63) is 72.1 Å². The molecule has 0 saturated carbocycles. The summed E-state index contributed by atoms with van der Waals surface area (Å²) in [5.74, 6) is 1.26. The Morgan fingerprint density at radius 3 is 2.57 bits per heavy atom. The highest BCUT2D eigenvalue weighted by Crippen LogP contribution is 2.24. The van der Waals surface area contributed by atoms with Crippen LogP contribution in [0.4, 0.5) is 4.39 Å². The van der Waals surface area contributed by atoms with E-state index in [0.29, 0.717) is 5.75 Å². The summed E-state index contributed by atoms with van der Waals surface area (Å²) in [5.41, 5.74) is 1.98. The van der Waals surface area contributed by atoms with Crippen molar-refractivity contribution >= 4 is 0 Å². The van der Waals surface area contributed by atoms with Crippen LogP contribution < -0.4 is 9.47 Å². The van der Waals surface area contributed by atoms with E-state index in [1.807, 2.05) is 42.0 Å². The molecule has 0 atom stereocenters. The van der Waals surface area contributed by atoms with Crippen LogP contribution in [0, 0.1) is 12.7 Å². The Balaban J connectivity index is 1.71. The van der Waals surface area contributed by atoms with Crippen molar-refractivity contribution in [1.29, 1.82) is 0 Å². The standard InChI is InChI=1S/C18H17FN2O2/c1-13-20-9-10-21(13)15-5-3-14(4-6-15)12-23-18-11-16(22-2)7-8-17(18)19/h3-11H,12H2,1-2H3. The van der Waals surface area contributed by atoms with Crippen molar-refractivity contribution in [2.75, 3.05) is 7.11 Å². The zero-order valence-corrected chi connectivity index (χ0v) is 13.0. The van der Waals surface area contributed by atoms with Gasteiger partial charge in [-0.25, -0.2) is 9.37 Å². The van der Waals surface area contributed by atoms with E-state index in [9.17, 15) is 4.39 Å². The molecule has 23 heavy (non-hydrogen) atoms. The monoisotopic (exact) mass is 312 g/mol. The Hall–Kier alpha value is -2.82. The van der Waals surface area contributed by atoms with E-state index in [2.05, 4.69) is 4.98 Å². The first-order chi connectivity index (χ1) is 11.2. The van der Waals surface area contributed by atoms with Crippen molar-refractivity contribution in [2.24, 2.45) is 0 Å². The van der Waals surface area contributed by atoms with Crippen molar-refractivity contribution in [3.8, 4) is 17.2 Å². The number of hydrogen-bond donors (Lipinski definition) is 0. The molecule has 0 aliphatic rings. The molecule has 0 spiro atoms. The molecule has 5 heteroatoms. The van der Waals surface area contributed by atoms with Gasteiger partial charge < -0.3 is 14.0 Å². The topological polar surface area (TPSA) is 36.3 Å². The molecular formula is C18H17FN2O2. The number of hydrogen-bond acceptors (Lipinski definition) is 3. The molecule has 4 nitrogen and oxygen atoms in total. The second-order valence-electron chi connectivity index (χ2n) is 5.10. The average Bonchev–Trinajstić information content (AvgIpc) is 3.01. The first-order valence-corrected chi connectivity index (χ1v) is 7.23. The number of imidazole rings is 1. The van der Waals surface area contributed by atoms with E-state index in [1.165, 1.54) is 13.2 Å². The van der Waals surface area contributed by atoms with E-state index < -0.39 is 5.82 Å². The zero-order valence-electron chi connectivity index (χ0n) is 13.0. The maximum Gasteiger partial charge on any atom is 0.165 e. The molecule has 1 aromatic heterocycles. The summed E-state index contributed by atoms with van der Waals surface area (Å²) in [6, 6.07) is 12.3. The Morgan fingerprint density at radius 2 is 1.91 bits per heavy atom. The van der Waals surface area contributed by atoms with Gasteiger partial charge in [0.25, 0.3) is 0 Å². The van der Waals surface area contributed by atoms with Crippen LogP contribution in [0.1, 0.15) is 11.4 Å². The Morgan fingerprint density at radius 1 is 1.13 bits per heavy atom. The molecule has 0 aliphatic heterocycles. The van der Waals surface area contributed by atoms with Gasteiger partial charge in [0.05, 0.1) is 7.11 Å². The van der Waals surface area contributed by atoms with Crippen LogP contribution >= 0.6 is 0 Å². The SMILES string of the molecule is COc1ccc(F)c(OCc2ccc(-n3ccnc3C)cc2)c1. The first-order valence-electron chi connectivity index (χ1n) is 7.23. The summed E-state index contributed by atoms with van der Waals surface area (Å²) in [4.78, 5) is 4.20. The lowest BCUT2D eigenvalue weighted by atomic mass is 10.2. The van der Waals surface area contributed by atoms with Gasteiger partial charge >= 0.3 is 0 Å². The van der Waals surface area contributed by atoms with E-state index in [-0.39, 0.29) is 12.4 Å². The van der Waals surface area contributed by atoms with Crippen molar-refractivity contribution in [2.45, 2.75) is 13.5 Å². The third-order valence-electron chi connectivity index (χ3n) is 3.57. The molecule has 2 aromatic carbocycles. The third-order valence-corrected chi connectivity index (χ3v) is 3.57. The molecule has 3 aromatic rings. The highest BCUT2D eigenvalue weighted by atomic mass is 19.1. The fourth-order valence-corrected chi connectivity index (χ4v) is 2.29. The molecular weight excluding hydrogens is 295 g/mol. The second-order valence-corrected chi connectivity index (χ2v) is 5.10. The van der Waals surface area contributed by atoms with E-state index in [0.717, 1.165) is 17.1 Å². The highest BCUT2D eigenvalue weighted by molar-refractivity contribution is 5.37. The molecule has 0 amide bonds. The Labute approximate surface area is 134 Å². The van der Waals surface area contributed by atoms with Gasteiger partial charge in [-0.2, -0.15) is 0 Å². The Bertz CT molecular complexity index is 797. The van der Waals surface area contributed by atoms with Gasteiger partial charge in [0.1, 0.15) is 18.2 Å². The minimum Gasteiger partial charge on any atom is -0.497 e. The first kappa shape index (κ1) is 15.1. The minimum atomic E-state index is -0.406. The third kappa shape index (κ3) is 3.34. The number of nitrogens with zero attached hydrogens (tertiary/aromatic N) is 2. The molecule has 118 valence electrons. The largest absolute Gasteiger partial charge is 0.497 e. The van der Waals surface area contributed by atoms with Gasteiger partial charge in [0.2, 0.25) is 0 Å². The van der Waals surface area contributed by atoms with E-state index in [4.69, 9.17) is 9.47 Å². The molecule has 0 unspecified atom stereocenters. The summed E-state index contributed by atoms with van der Waals surface area (Å²) < 4.78 is 26.3. The van der Waals surface area contributed by atoms with Gasteiger partial charge in [-0.1, -0.05) is 12.1 Å². The van der Waals surface area contributed by atoms with Gasteiger partial charge in [0.15, 0.2) is 11.6 Å². The number of aromatic nitrogens is 2. The van der Waals surface area contributed by atoms with Crippen molar-refractivity contribution in [3.63, 3.8) is 0 Å². The lowest BCUT2D eigenvalue weighted by Crippen LogP contribution is -1.99. The van der Waals surface area contributed by atoms with Crippen LogP contribution in [0.3, 0.4) is 0 Å². The molecule has 1 heterocycles. The minimum absolute atomic E-state index is 0.180. The molecule has 0 radical (unpaired) electrons. The number of halogens is 1. The summed E-state index contributed by atoms with van der Waals surface area (Å²) in [5, 5.41) is 0. The van der Waals surface area contributed by atoms with E-state index in [1.54, 1.807) is 18.3 Å². The maximum atomic E-state index is 13.7. The second kappa shape index (κ2) is 6.52. The molecule has 0 N–H and O–H groups in total. The fraction of sp³-hybridized carbons (Fsp3) is 0.167. The van der Waals surface area contributed by atoms with Crippen LogP contribution in [0.5, 0.6) is 11.5 Å².